The highest BCUT2D eigenvalue weighted by molar-refractivity contribution is 5.44. The molecule has 1 aromatic heterocycles. The van der Waals surface area contributed by atoms with Crippen molar-refractivity contribution in [3.8, 4) is 11.5 Å². The van der Waals surface area contributed by atoms with E-state index in [2.05, 4.69) is 21.6 Å². The van der Waals surface area contributed by atoms with Gasteiger partial charge in [0.1, 0.15) is 17.3 Å². The van der Waals surface area contributed by atoms with E-state index in [0.717, 1.165) is 22.9 Å². The van der Waals surface area contributed by atoms with Crippen LogP contribution in [0.1, 0.15) is 49.1 Å². The van der Waals surface area contributed by atoms with Crippen LogP contribution in [0.3, 0.4) is 0 Å². The standard InChI is InChI=1S/C19H25N3O2/c1-23-17-9-8-15(18(11-17)24-2)12-20-19-10-16(13-21-22-19)14-6-4-3-5-7-14/h8-11,13-14H,3-7,12H2,1-2H3,(H,20,22). The van der Waals surface area contributed by atoms with E-state index in [-0.39, 0.29) is 0 Å². The molecule has 128 valence electrons. The molecule has 0 amide bonds. The van der Waals surface area contributed by atoms with Gasteiger partial charge in [-0.05, 0) is 42.5 Å². The first-order chi connectivity index (χ1) is 11.8. The second-order valence-electron chi connectivity index (χ2n) is 6.24. The van der Waals surface area contributed by atoms with Crippen molar-refractivity contribution >= 4 is 5.82 Å². The van der Waals surface area contributed by atoms with Crippen LogP contribution in [0.25, 0.3) is 0 Å². The number of hydrogen-bond donors (Lipinski definition) is 1. The van der Waals surface area contributed by atoms with Gasteiger partial charge in [-0.1, -0.05) is 19.3 Å². The molecule has 0 unspecified atom stereocenters. The molecule has 0 bridgehead atoms. The molecule has 5 heteroatoms. The minimum absolute atomic E-state index is 0.630. The van der Waals surface area contributed by atoms with E-state index in [0.29, 0.717) is 12.5 Å². The van der Waals surface area contributed by atoms with Gasteiger partial charge in [0.2, 0.25) is 0 Å². The quantitative estimate of drug-likeness (QED) is 0.863. The first-order valence-electron chi connectivity index (χ1n) is 8.57. The summed E-state index contributed by atoms with van der Waals surface area (Å²) in [5.41, 5.74) is 2.36. The Labute approximate surface area is 143 Å². The topological polar surface area (TPSA) is 56.3 Å². The Morgan fingerprint density at radius 1 is 1.08 bits per heavy atom. The zero-order valence-corrected chi connectivity index (χ0v) is 14.4. The van der Waals surface area contributed by atoms with Crippen molar-refractivity contribution in [2.75, 3.05) is 19.5 Å². The molecule has 0 atom stereocenters. The maximum Gasteiger partial charge on any atom is 0.149 e. The van der Waals surface area contributed by atoms with Gasteiger partial charge in [-0.2, -0.15) is 5.10 Å². The zero-order chi connectivity index (χ0) is 16.8. The second-order valence-corrected chi connectivity index (χ2v) is 6.24. The van der Waals surface area contributed by atoms with E-state index in [1.54, 1.807) is 14.2 Å². The Hall–Kier alpha value is -2.30. The fourth-order valence-corrected chi connectivity index (χ4v) is 3.31. The summed E-state index contributed by atoms with van der Waals surface area (Å²) >= 11 is 0. The van der Waals surface area contributed by atoms with Gasteiger partial charge in [0, 0.05) is 18.2 Å². The largest absolute Gasteiger partial charge is 0.497 e. The summed E-state index contributed by atoms with van der Waals surface area (Å²) in [4.78, 5) is 0. The number of nitrogens with one attached hydrogen (secondary N) is 1. The van der Waals surface area contributed by atoms with Gasteiger partial charge >= 0.3 is 0 Å². The molecule has 1 aliphatic rings. The molecule has 3 rings (SSSR count). The average Bonchev–Trinajstić information content (AvgIpc) is 2.67. The molecule has 5 nitrogen and oxygen atoms in total. The van der Waals surface area contributed by atoms with Gasteiger partial charge in [0.05, 0.1) is 20.4 Å². The summed E-state index contributed by atoms with van der Waals surface area (Å²) in [7, 11) is 3.32. The number of hydrogen-bond acceptors (Lipinski definition) is 5. The highest BCUT2D eigenvalue weighted by Gasteiger charge is 2.16. The van der Waals surface area contributed by atoms with E-state index in [9.17, 15) is 0 Å². The van der Waals surface area contributed by atoms with E-state index < -0.39 is 0 Å². The highest BCUT2D eigenvalue weighted by atomic mass is 16.5. The SMILES string of the molecule is COc1ccc(CNc2cc(C3CCCCC3)cnn2)c(OC)c1. The van der Waals surface area contributed by atoms with Crippen molar-refractivity contribution in [2.45, 2.75) is 44.6 Å². The molecule has 0 aliphatic heterocycles. The van der Waals surface area contributed by atoms with Crippen LogP contribution >= 0.6 is 0 Å². The maximum absolute atomic E-state index is 5.44. The molecule has 0 spiro atoms. The van der Waals surface area contributed by atoms with E-state index in [1.165, 1.54) is 37.7 Å². The molecule has 1 aliphatic carbocycles. The fraction of sp³-hybridized carbons (Fsp3) is 0.474. The first kappa shape index (κ1) is 16.6. The molecule has 1 N–H and O–H groups in total. The smallest absolute Gasteiger partial charge is 0.149 e. The Bertz CT molecular complexity index is 669. The summed E-state index contributed by atoms with van der Waals surface area (Å²) in [6.07, 6.45) is 8.43. The number of methoxy groups -OCH3 is 2. The molecule has 1 aromatic carbocycles. The van der Waals surface area contributed by atoms with E-state index >= 15 is 0 Å². The van der Waals surface area contributed by atoms with Crippen molar-refractivity contribution in [1.82, 2.24) is 10.2 Å². The van der Waals surface area contributed by atoms with Crippen LogP contribution in [0.5, 0.6) is 11.5 Å². The number of nitrogens with zero attached hydrogens (tertiary/aromatic N) is 2. The fourth-order valence-electron chi connectivity index (χ4n) is 3.31. The first-order valence-corrected chi connectivity index (χ1v) is 8.57. The van der Waals surface area contributed by atoms with Gasteiger partial charge in [0.15, 0.2) is 0 Å². The Morgan fingerprint density at radius 2 is 1.92 bits per heavy atom. The monoisotopic (exact) mass is 327 g/mol. The third kappa shape index (κ3) is 3.96. The number of rotatable bonds is 6. The van der Waals surface area contributed by atoms with Crippen molar-refractivity contribution in [2.24, 2.45) is 0 Å². The molecule has 0 radical (unpaired) electrons. The van der Waals surface area contributed by atoms with Crippen LogP contribution in [-0.4, -0.2) is 24.4 Å². The molecule has 1 fully saturated rings. The summed E-state index contributed by atoms with van der Waals surface area (Å²) in [6.45, 7) is 0.635. The lowest BCUT2D eigenvalue weighted by atomic mass is 9.85. The summed E-state index contributed by atoms with van der Waals surface area (Å²) < 4.78 is 10.7. The summed E-state index contributed by atoms with van der Waals surface area (Å²) in [5.74, 6) is 3.04. The lowest BCUT2D eigenvalue weighted by Gasteiger charge is -2.21. The zero-order valence-electron chi connectivity index (χ0n) is 14.4. The van der Waals surface area contributed by atoms with Gasteiger partial charge in [0.25, 0.3) is 0 Å². The van der Waals surface area contributed by atoms with Crippen molar-refractivity contribution in [3.05, 3.63) is 41.6 Å². The number of benzene rings is 1. The van der Waals surface area contributed by atoms with Crippen LogP contribution in [-0.2, 0) is 6.54 Å². The van der Waals surface area contributed by atoms with Crippen molar-refractivity contribution in [3.63, 3.8) is 0 Å². The molecule has 0 saturated heterocycles. The number of ether oxygens (including phenoxy) is 2. The molecular formula is C19H25N3O2. The third-order valence-electron chi connectivity index (χ3n) is 4.71. The van der Waals surface area contributed by atoms with Crippen molar-refractivity contribution < 1.29 is 9.47 Å². The predicted molar refractivity (Wildman–Crippen MR) is 94.7 cm³/mol. The Balaban J connectivity index is 1.68. The minimum Gasteiger partial charge on any atom is -0.497 e. The average molecular weight is 327 g/mol. The lowest BCUT2D eigenvalue weighted by Crippen LogP contribution is -2.08. The molecule has 2 aromatic rings. The molecule has 1 heterocycles. The number of anilines is 1. The maximum atomic E-state index is 5.44. The van der Waals surface area contributed by atoms with Crippen LogP contribution in [0, 0.1) is 0 Å². The summed E-state index contributed by atoms with van der Waals surface area (Å²) in [5, 5.41) is 11.7. The van der Waals surface area contributed by atoms with Crippen LogP contribution in [0.15, 0.2) is 30.5 Å². The second kappa shape index (κ2) is 7.99. The number of aromatic nitrogens is 2. The van der Waals surface area contributed by atoms with Crippen LogP contribution in [0.2, 0.25) is 0 Å². The predicted octanol–water partition coefficient (Wildman–Crippen LogP) is 4.15. The Morgan fingerprint density at radius 3 is 2.67 bits per heavy atom. The van der Waals surface area contributed by atoms with Gasteiger partial charge in [-0.3, -0.25) is 0 Å². The molecule has 1 saturated carbocycles. The van der Waals surface area contributed by atoms with Gasteiger partial charge in [-0.15, -0.1) is 5.10 Å². The highest BCUT2D eigenvalue weighted by Crippen LogP contribution is 2.33. The molecular weight excluding hydrogens is 302 g/mol. The van der Waals surface area contributed by atoms with Crippen LogP contribution in [0.4, 0.5) is 5.82 Å². The van der Waals surface area contributed by atoms with Crippen molar-refractivity contribution in [1.29, 1.82) is 0 Å². The van der Waals surface area contributed by atoms with Gasteiger partial charge < -0.3 is 14.8 Å². The van der Waals surface area contributed by atoms with Crippen LogP contribution < -0.4 is 14.8 Å². The minimum atomic E-state index is 0.630. The van der Waals surface area contributed by atoms with E-state index in [4.69, 9.17) is 9.47 Å². The van der Waals surface area contributed by atoms with Gasteiger partial charge in [-0.25, -0.2) is 0 Å². The van der Waals surface area contributed by atoms with E-state index in [1.807, 2.05) is 24.4 Å². The molecule has 24 heavy (non-hydrogen) atoms. The Kier molecular flexibility index (Phi) is 5.51. The normalized spacial score (nSPS) is 15.1. The third-order valence-corrected chi connectivity index (χ3v) is 4.71. The summed E-state index contributed by atoms with van der Waals surface area (Å²) in [6, 6.07) is 7.97. The lowest BCUT2D eigenvalue weighted by molar-refractivity contribution is 0.391.